The Labute approximate surface area is 140 Å². The summed E-state index contributed by atoms with van der Waals surface area (Å²) < 4.78 is 0. The minimum atomic E-state index is -0.360. The van der Waals surface area contributed by atoms with Gasteiger partial charge in [0.05, 0.1) is 0 Å². The van der Waals surface area contributed by atoms with Crippen molar-refractivity contribution in [3.63, 3.8) is 0 Å². The lowest BCUT2D eigenvalue weighted by Gasteiger charge is -2.34. The molecule has 0 radical (unpaired) electrons. The Morgan fingerprint density at radius 1 is 1.09 bits per heavy atom. The molecular weight excluding hydrogens is 290 g/mol. The average Bonchev–Trinajstić information content (AvgIpc) is 2.54. The number of nitrogens with zero attached hydrogens (tertiary/aromatic N) is 1. The van der Waals surface area contributed by atoms with Crippen molar-refractivity contribution < 1.29 is 9.59 Å². The summed E-state index contributed by atoms with van der Waals surface area (Å²) in [5.41, 5.74) is -0.360. The van der Waals surface area contributed by atoms with Crippen LogP contribution in [0.3, 0.4) is 0 Å². The number of hydrogen-bond donors (Lipinski definition) is 2. The van der Waals surface area contributed by atoms with E-state index in [1.54, 1.807) is 0 Å². The summed E-state index contributed by atoms with van der Waals surface area (Å²) in [7, 11) is 0. The third kappa shape index (κ3) is 5.28. The molecule has 1 aliphatic carbocycles. The fourth-order valence-corrected chi connectivity index (χ4v) is 3.72. The molecule has 1 saturated carbocycles. The van der Waals surface area contributed by atoms with E-state index in [0.29, 0.717) is 6.54 Å². The zero-order chi connectivity index (χ0) is 16.9. The molecule has 2 N–H and O–H groups in total. The zero-order valence-corrected chi connectivity index (χ0v) is 15.0. The van der Waals surface area contributed by atoms with Gasteiger partial charge < -0.3 is 10.6 Å². The molecule has 132 valence electrons. The van der Waals surface area contributed by atoms with Gasteiger partial charge in [-0.3, -0.25) is 14.5 Å². The second kappa shape index (κ2) is 8.25. The maximum atomic E-state index is 12.7. The van der Waals surface area contributed by atoms with Gasteiger partial charge in [0.1, 0.15) is 5.78 Å². The quantitative estimate of drug-likeness (QED) is 0.803. The number of rotatable bonds is 5. The van der Waals surface area contributed by atoms with Crippen molar-refractivity contribution in [2.45, 2.75) is 46.5 Å². The molecule has 0 aromatic carbocycles. The van der Waals surface area contributed by atoms with Gasteiger partial charge in [0.2, 0.25) is 5.91 Å². The molecule has 2 aliphatic rings. The number of carbonyl (C=O) groups is 2. The Bertz CT molecular complexity index is 411. The predicted octanol–water partition coefficient (Wildman–Crippen LogP) is 1.43. The van der Waals surface area contributed by atoms with E-state index in [1.165, 1.54) is 0 Å². The number of hydrogen-bond acceptors (Lipinski definition) is 4. The molecule has 5 heteroatoms. The van der Waals surface area contributed by atoms with Crippen LogP contribution in [0, 0.1) is 17.3 Å². The molecule has 0 spiro atoms. The first-order valence-electron chi connectivity index (χ1n) is 9.14. The van der Waals surface area contributed by atoms with Gasteiger partial charge in [0.25, 0.3) is 0 Å². The van der Waals surface area contributed by atoms with Crippen molar-refractivity contribution >= 4 is 11.7 Å². The van der Waals surface area contributed by atoms with Gasteiger partial charge in [-0.25, -0.2) is 0 Å². The van der Waals surface area contributed by atoms with Gasteiger partial charge in [-0.15, -0.1) is 0 Å². The van der Waals surface area contributed by atoms with Gasteiger partial charge in [-0.05, 0) is 12.8 Å². The molecule has 23 heavy (non-hydrogen) atoms. The van der Waals surface area contributed by atoms with Gasteiger partial charge in [0, 0.05) is 56.5 Å². The van der Waals surface area contributed by atoms with Crippen molar-refractivity contribution in [3.05, 3.63) is 0 Å². The van der Waals surface area contributed by atoms with Crippen molar-refractivity contribution in [3.8, 4) is 0 Å². The minimum absolute atomic E-state index is 0.0856. The standard InChI is InChI=1S/C18H33N3O2/c1-18(2,3)16(22)14-6-4-5-7-15(14)17(23)20-10-13-21-11-8-19-9-12-21/h14-15,19H,4-13H2,1-3H3,(H,20,23). The third-order valence-corrected chi connectivity index (χ3v) is 5.12. The maximum Gasteiger partial charge on any atom is 0.223 e. The molecule has 5 nitrogen and oxygen atoms in total. The Balaban J connectivity index is 1.84. The monoisotopic (exact) mass is 323 g/mol. The van der Waals surface area contributed by atoms with Crippen LogP contribution < -0.4 is 10.6 Å². The van der Waals surface area contributed by atoms with Gasteiger partial charge in [0.15, 0.2) is 0 Å². The number of ketones is 1. The summed E-state index contributed by atoms with van der Waals surface area (Å²) in [5, 5.41) is 6.41. The molecule has 1 aliphatic heterocycles. The van der Waals surface area contributed by atoms with Crippen molar-refractivity contribution in [1.29, 1.82) is 0 Å². The molecule has 1 saturated heterocycles. The van der Waals surface area contributed by atoms with Crippen LogP contribution in [0.25, 0.3) is 0 Å². The highest BCUT2D eigenvalue weighted by Crippen LogP contribution is 2.35. The molecular formula is C18H33N3O2. The number of nitrogens with one attached hydrogen (secondary N) is 2. The van der Waals surface area contributed by atoms with Crippen LogP contribution in [0.4, 0.5) is 0 Å². The minimum Gasteiger partial charge on any atom is -0.355 e. The summed E-state index contributed by atoms with van der Waals surface area (Å²) in [6.07, 6.45) is 3.85. The largest absolute Gasteiger partial charge is 0.355 e. The van der Waals surface area contributed by atoms with Gasteiger partial charge >= 0.3 is 0 Å². The van der Waals surface area contributed by atoms with Crippen LogP contribution in [-0.2, 0) is 9.59 Å². The fourth-order valence-electron chi connectivity index (χ4n) is 3.72. The third-order valence-electron chi connectivity index (χ3n) is 5.12. The van der Waals surface area contributed by atoms with E-state index in [2.05, 4.69) is 15.5 Å². The van der Waals surface area contributed by atoms with E-state index in [1.807, 2.05) is 20.8 Å². The lowest BCUT2D eigenvalue weighted by Crippen LogP contribution is -2.48. The predicted molar refractivity (Wildman–Crippen MR) is 92.2 cm³/mol. The van der Waals surface area contributed by atoms with Crippen LogP contribution in [0.15, 0.2) is 0 Å². The zero-order valence-electron chi connectivity index (χ0n) is 15.0. The molecule has 2 fully saturated rings. The normalized spacial score (nSPS) is 26.7. The van der Waals surface area contributed by atoms with Gasteiger partial charge in [-0.2, -0.15) is 0 Å². The second-order valence-electron chi connectivity index (χ2n) is 7.99. The van der Waals surface area contributed by atoms with E-state index in [9.17, 15) is 9.59 Å². The number of amides is 1. The van der Waals surface area contributed by atoms with Crippen LogP contribution in [0.1, 0.15) is 46.5 Å². The first kappa shape index (κ1) is 18.4. The second-order valence-corrected chi connectivity index (χ2v) is 7.99. The molecule has 2 rings (SSSR count). The maximum absolute atomic E-state index is 12.7. The van der Waals surface area contributed by atoms with E-state index < -0.39 is 0 Å². The Kier molecular flexibility index (Phi) is 6.60. The number of carbonyl (C=O) groups excluding carboxylic acids is 2. The van der Waals surface area contributed by atoms with E-state index >= 15 is 0 Å². The topological polar surface area (TPSA) is 61.4 Å². The Hall–Kier alpha value is -0.940. The Morgan fingerprint density at radius 3 is 2.30 bits per heavy atom. The van der Waals surface area contributed by atoms with E-state index in [4.69, 9.17) is 0 Å². The SMILES string of the molecule is CC(C)(C)C(=O)C1CCCCC1C(=O)NCCN1CCNCC1. The van der Waals surface area contributed by atoms with Crippen LogP contribution in [-0.4, -0.2) is 55.9 Å². The summed E-state index contributed by atoms with van der Waals surface area (Å²) >= 11 is 0. The molecule has 0 aromatic heterocycles. The highest BCUT2D eigenvalue weighted by molar-refractivity contribution is 5.91. The first-order chi connectivity index (χ1) is 10.9. The summed E-state index contributed by atoms with van der Waals surface area (Å²) in [6, 6.07) is 0. The fraction of sp³-hybridized carbons (Fsp3) is 0.889. The van der Waals surface area contributed by atoms with E-state index in [0.717, 1.165) is 58.4 Å². The van der Waals surface area contributed by atoms with E-state index in [-0.39, 0.29) is 28.9 Å². The van der Waals surface area contributed by atoms with Crippen LogP contribution in [0.5, 0.6) is 0 Å². The Morgan fingerprint density at radius 2 is 1.70 bits per heavy atom. The van der Waals surface area contributed by atoms with Gasteiger partial charge in [-0.1, -0.05) is 33.6 Å². The highest BCUT2D eigenvalue weighted by Gasteiger charge is 2.39. The lowest BCUT2D eigenvalue weighted by molar-refractivity contribution is -0.139. The van der Waals surface area contributed by atoms with Crippen molar-refractivity contribution in [2.75, 3.05) is 39.3 Å². The molecule has 0 bridgehead atoms. The molecule has 2 atom stereocenters. The van der Waals surface area contributed by atoms with Crippen molar-refractivity contribution in [2.24, 2.45) is 17.3 Å². The number of piperazine rings is 1. The summed E-state index contributed by atoms with van der Waals surface area (Å²) in [4.78, 5) is 27.6. The molecule has 1 amide bonds. The summed E-state index contributed by atoms with van der Waals surface area (Å²) in [6.45, 7) is 11.6. The average molecular weight is 323 g/mol. The van der Waals surface area contributed by atoms with Crippen LogP contribution in [0.2, 0.25) is 0 Å². The number of Topliss-reactive ketones (excluding diaryl/α,β-unsaturated/α-hetero) is 1. The van der Waals surface area contributed by atoms with Crippen molar-refractivity contribution in [1.82, 2.24) is 15.5 Å². The van der Waals surface area contributed by atoms with Crippen LogP contribution >= 0.6 is 0 Å². The summed E-state index contributed by atoms with van der Waals surface area (Å²) in [5.74, 6) is 0.114. The smallest absolute Gasteiger partial charge is 0.223 e. The molecule has 0 aromatic rings. The molecule has 2 unspecified atom stereocenters. The first-order valence-corrected chi connectivity index (χ1v) is 9.14. The lowest BCUT2D eigenvalue weighted by atomic mass is 9.70. The highest BCUT2D eigenvalue weighted by atomic mass is 16.2. The molecule has 1 heterocycles.